The van der Waals surface area contributed by atoms with E-state index in [1.54, 1.807) is 0 Å². The summed E-state index contributed by atoms with van der Waals surface area (Å²) >= 11 is 0. The molecule has 1 N–H and O–H groups in total. The van der Waals surface area contributed by atoms with Crippen LogP contribution in [0.25, 0.3) is 0 Å². The van der Waals surface area contributed by atoms with Crippen LogP contribution in [0.2, 0.25) is 0 Å². The summed E-state index contributed by atoms with van der Waals surface area (Å²) in [6.07, 6.45) is 5.40. The Balaban J connectivity index is 2.11. The average Bonchev–Trinajstić information content (AvgIpc) is 2.19. The first-order valence-electron chi connectivity index (χ1n) is 5.46. The minimum atomic E-state index is -0.475. The molecule has 15 heavy (non-hydrogen) atoms. The number of piperidine rings is 1. The second-order valence-electron chi connectivity index (χ2n) is 4.65. The SMILES string of the molecule is Cc1cnccc1N1CCC(C)(O)CC1. The number of nitrogens with zero attached hydrogens (tertiary/aromatic N) is 2. The van der Waals surface area contributed by atoms with Crippen molar-refractivity contribution in [2.24, 2.45) is 0 Å². The molecule has 2 rings (SSSR count). The van der Waals surface area contributed by atoms with Crippen LogP contribution in [0.1, 0.15) is 25.3 Å². The first-order valence-corrected chi connectivity index (χ1v) is 5.46. The molecule has 0 amide bonds. The van der Waals surface area contributed by atoms with E-state index in [0.29, 0.717) is 0 Å². The number of rotatable bonds is 1. The molecule has 0 bridgehead atoms. The van der Waals surface area contributed by atoms with Crippen molar-refractivity contribution in [3.63, 3.8) is 0 Å². The lowest BCUT2D eigenvalue weighted by molar-refractivity contribution is 0.0351. The van der Waals surface area contributed by atoms with E-state index in [0.717, 1.165) is 25.9 Å². The third-order valence-electron chi connectivity index (χ3n) is 3.17. The average molecular weight is 206 g/mol. The van der Waals surface area contributed by atoms with Crippen molar-refractivity contribution in [3.05, 3.63) is 24.0 Å². The Hall–Kier alpha value is -1.09. The lowest BCUT2D eigenvalue weighted by Gasteiger charge is -2.37. The van der Waals surface area contributed by atoms with Crippen LogP contribution in [-0.4, -0.2) is 28.8 Å². The standard InChI is InChI=1S/C12H18N2O/c1-10-9-13-6-3-11(10)14-7-4-12(2,15)5-8-14/h3,6,9,15H,4-5,7-8H2,1-2H3. The van der Waals surface area contributed by atoms with E-state index >= 15 is 0 Å². The van der Waals surface area contributed by atoms with Crippen molar-refractivity contribution < 1.29 is 5.11 Å². The van der Waals surface area contributed by atoms with Crippen molar-refractivity contribution in [2.75, 3.05) is 18.0 Å². The summed E-state index contributed by atoms with van der Waals surface area (Å²) in [6, 6.07) is 2.05. The van der Waals surface area contributed by atoms with Crippen molar-refractivity contribution in [1.29, 1.82) is 0 Å². The van der Waals surface area contributed by atoms with Crippen LogP contribution in [0.4, 0.5) is 5.69 Å². The largest absolute Gasteiger partial charge is 0.390 e. The van der Waals surface area contributed by atoms with E-state index in [-0.39, 0.29) is 0 Å². The molecule has 0 radical (unpaired) electrons. The minimum absolute atomic E-state index is 0.475. The fourth-order valence-electron chi connectivity index (χ4n) is 2.05. The second-order valence-corrected chi connectivity index (χ2v) is 4.65. The molecule has 1 fully saturated rings. The number of pyridine rings is 1. The van der Waals surface area contributed by atoms with Gasteiger partial charge in [-0.3, -0.25) is 4.98 Å². The Morgan fingerprint density at radius 3 is 2.67 bits per heavy atom. The normalized spacial score (nSPS) is 20.3. The quantitative estimate of drug-likeness (QED) is 0.760. The molecule has 3 heteroatoms. The third-order valence-corrected chi connectivity index (χ3v) is 3.17. The number of hydrogen-bond acceptors (Lipinski definition) is 3. The molecule has 1 aromatic heterocycles. The highest BCUT2D eigenvalue weighted by atomic mass is 16.3. The zero-order chi connectivity index (χ0) is 10.9. The molecule has 0 aromatic carbocycles. The first-order chi connectivity index (χ1) is 7.08. The molecule has 3 nitrogen and oxygen atoms in total. The Bertz CT molecular complexity index is 339. The minimum Gasteiger partial charge on any atom is -0.390 e. The zero-order valence-corrected chi connectivity index (χ0v) is 9.40. The Labute approximate surface area is 90.8 Å². The second kappa shape index (κ2) is 3.81. The molecule has 1 aliphatic rings. The highest BCUT2D eigenvalue weighted by Crippen LogP contribution is 2.27. The number of aliphatic hydroxyl groups is 1. The zero-order valence-electron chi connectivity index (χ0n) is 9.40. The van der Waals surface area contributed by atoms with Crippen LogP contribution in [0.15, 0.2) is 18.5 Å². The van der Waals surface area contributed by atoms with Gasteiger partial charge in [0.15, 0.2) is 0 Å². The van der Waals surface area contributed by atoms with Crippen molar-refractivity contribution >= 4 is 5.69 Å². The van der Waals surface area contributed by atoms with E-state index in [4.69, 9.17) is 0 Å². The number of hydrogen-bond donors (Lipinski definition) is 1. The van der Waals surface area contributed by atoms with Gasteiger partial charge in [0.25, 0.3) is 0 Å². The molecular weight excluding hydrogens is 188 g/mol. The molecule has 1 aromatic rings. The van der Waals surface area contributed by atoms with Gasteiger partial charge in [0.2, 0.25) is 0 Å². The predicted octanol–water partition coefficient (Wildman–Crippen LogP) is 1.74. The lowest BCUT2D eigenvalue weighted by atomic mass is 9.93. The van der Waals surface area contributed by atoms with Gasteiger partial charge >= 0.3 is 0 Å². The van der Waals surface area contributed by atoms with E-state index in [9.17, 15) is 5.11 Å². The predicted molar refractivity (Wildman–Crippen MR) is 61.0 cm³/mol. The van der Waals surface area contributed by atoms with Gasteiger partial charge in [-0.25, -0.2) is 0 Å². The van der Waals surface area contributed by atoms with Crippen molar-refractivity contribution in [3.8, 4) is 0 Å². The number of aryl methyl sites for hydroxylation is 1. The van der Waals surface area contributed by atoms with Crippen LogP contribution < -0.4 is 4.90 Å². The molecule has 0 unspecified atom stereocenters. The molecule has 2 heterocycles. The third kappa shape index (κ3) is 2.29. The number of anilines is 1. The lowest BCUT2D eigenvalue weighted by Crippen LogP contribution is -2.42. The van der Waals surface area contributed by atoms with E-state index in [1.165, 1.54) is 11.3 Å². The molecule has 1 saturated heterocycles. The Kier molecular flexibility index (Phi) is 2.65. The van der Waals surface area contributed by atoms with Gasteiger partial charge in [-0.15, -0.1) is 0 Å². The van der Waals surface area contributed by atoms with Gasteiger partial charge in [-0.2, -0.15) is 0 Å². The number of aromatic nitrogens is 1. The molecule has 82 valence electrons. The van der Waals surface area contributed by atoms with Crippen LogP contribution in [-0.2, 0) is 0 Å². The summed E-state index contributed by atoms with van der Waals surface area (Å²) in [5, 5.41) is 9.87. The summed E-state index contributed by atoms with van der Waals surface area (Å²) in [7, 11) is 0. The monoisotopic (exact) mass is 206 g/mol. The summed E-state index contributed by atoms with van der Waals surface area (Å²) < 4.78 is 0. The Morgan fingerprint density at radius 1 is 1.40 bits per heavy atom. The van der Waals surface area contributed by atoms with Gasteiger partial charge in [0, 0.05) is 31.2 Å². The van der Waals surface area contributed by atoms with E-state index < -0.39 is 5.60 Å². The fourth-order valence-corrected chi connectivity index (χ4v) is 2.05. The van der Waals surface area contributed by atoms with Gasteiger partial charge in [0.1, 0.15) is 0 Å². The van der Waals surface area contributed by atoms with Crippen LogP contribution >= 0.6 is 0 Å². The van der Waals surface area contributed by atoms with Crippen LogP contribution in [0, 0.1) is 6.92 Å². The molecular formula is C12H18N2O. The van der Waals surface area contributed by atoms with Crippen molar-refractivity contribution in [1.82, 2.24) is 4.98 Å². The van der Waals surface area contributed by atoms with Gasteiger partial charge in [0.05, 0.1) is 5.60 Å². The molecule has 1 aliphatic heterocycles. The summed E-state index contributed by atoms with van der Waals surface area (Å²) in [5.41, 5.74) is 1.98. The van der Waals surface area contributed by atoms with Crippen LogP contribution in [0.5, 0.6) is 0 Å². The summed E-state index contributed by atoms with van der Waals surface area (Å²) in [4.78, 5) is 6.42. The molecule has 0 saturated carbocycles. The van der Waals surface area contributed by atoms with Gasteiger partial charge in [-0.05, 0) is 38.3 Å². The van der Waals surface area contributed by atoms with E-state index in [1.807, 2.05) is 19.3 Å². The Morgan fingerprint density at radius 2 is 2.07 bits per heavy atom. The summed E-state index contributed by atoms with van der Waals surface area (Å²) in [5.74, 6) is 0. The maximum absolute atomic E-state index is 9.87. The summed E-state index contributed by atoms with van der Waals surface area (Å²) in [6.45, 7) is 5.86. The molecule has 0 aliphatic carbocycles. The molecule has 0 spiro atoms. The first kappa shape index (κ1) is 10.4. The van der Waals surface area contributed by atoms with E-state index in [2.05, 4.69) is 22.9 Å². The highest BCUT2D eigenvalue weighted by Gasteiger charge is 2.27. The maximum atomic E-state index is 9.87. The highest BCUT2D eigenvalue weighted by molar-refractivity contribution is 5.51. The van der Waals surface area contributed by atoms with Gasteiger partial charge in [-0.1, -0.05) is 0 Å². The fraction of sp³-hybridized carbons (Fsp3) is 0.583. The maximum Gasteiger partial charge on any atom is 0.0653 e. The van der Waals surface area contributed by atoms with Crippen molar-refractivity contribution in [2.45, 2.75) is 32.3 Å². The van der Waals surface area contributed by atoms with Gasteiger partial charge < -0.3 is 10.0 Å². The smallest absolute Gasteiger partial charge is 0.0653 e. The van der Waals surface area contributed by atoms with Crippen LogP contribution in [0.3, 0.4) is 0 Å². The topological polar surface area (TPSA) is 36.4 Å². The molecule has 0 atom stereocenters.